The van der Waals surface area contributed by atoms with Gasteiger partial charge in [-0.1, -0.05) is 344 Å². The van der Waals surface area contributed by atoms with Crippen molar-refractivity contribution in [1.29, 1.82) is 0 Å². The van der Waals surface area contributed by atoms with E-state index in [0.717, 1.165) is 108 Å². The van der Waals surface area contributed by atoms with Crippen LogP contribution in [0.4, 0.5) is 0 Å². The fraction of sp³-hybridized carbons (Fsp3) is 0.948. The summed E-state index contributed by atoms with van der Waals surface area (Å²) in [5.74, 6) is 0.198. The van der Waals surface area contributed by atoms with E-state index in [0.29, 0.717) is 25.7 Å². The van der Waals surface area contributed by atoms with Gasteiger partial charge in [0.15, 0.2) is 12.2 Å². The first kappa shape index (κ1) is 94.1. The smallest absolute Gasteiger partial charge is 0.462 e. The van der Waals surface area contributed by atoms with Crippen molar-refractivity contribution in [3.05, 3.63) is 0 Å². The van der Waals surface area contributed by atoms with Gasteiger partial charge in [0.2, 0.25) is 0 Å². The number of rotatable bonds is 75. The van der Waals surface area contributed by atoms with Crippen molar-refractivity contribution in [2.45, 2.75) is 414 Å². The highest BCUT2D eigenvalue weighted by atomic mass is 31.2. The normalized spacial score (nSPS) is 14.1. The molecule has 3 N–H and O–H groups in total. The lowest BCUT2D eigenvalue weighted by atomic mass is 10.0. The number of carbonyl (C=O) groups excluding carboxylic acids is 4. The van der Waals surface area contributed by atoms with Crippen LogP contribution in [0.15, 0.2) is 0 Å². The largest absolute Gasteiger partial charge is 0.472 e. The predicted octanol–water partition coefficient (Wildman–Crippen LogP) is 22.6. The van der Waals surface area contributed by atoms with Gasteiger partial charge < -0.3 is 33.8 Å². The van der Waals surface area contributed by atoms with Gasteiger partial charge in [-0.25, -0.2) is 9.13 Å². The number of hydrogen-bond donors (Lipinski definition) is 3. The molecule has 0 amide bonds. The quantitative estimate of drug-likeness (QED) is 0.0222. The van der Waals surface area contributed by atoms with Gasteiger partial charge in [-0.05, 0) is 43.4 Å². The Morgan fingerprint density at radius 1 is 0.281 bits per heavy atom. The molecule has 0 fully saturated rings. The molecule has 0 saturated carbocycles. The van der Waals surface area contributed by atoms with E-state index < -0.39 is 97.5 Å². The summed E-state index contributed by atoms with van der Waals surface area (Å²) >= 11 is 0. The third-order valence-electron chi connectivity index (χ3n) is 17.9. The van der Waals surface area contributed by atoms with Gasteiger partial charge in [0, 0.05) is 25.7 Å². The number of aliphatic hydroxyl groups is 1. The Hall–Kier alpha value is -1.94. The second kappa shape index (κ2) is 67.5. The van der Waals surface area contributed by atoms with E-state index in [1.807, 2.05) is 0 Å². The maximum Gasteiger partial charge on any atom is 0.472 e. The zero-order valence-electron chi connectivity index (χ0n) is 62.8. The fourth-order valence-corrected chi connectivity index (χ4v) is 13.4. The first-order valence-electron chi connectivity index (χ1n) is 39.8. The van der Waals surface area contributed by atoms with E-state index in [1.54, 1.807) is 0 Å². The van der Waals surface area contributed by atoms with Crippen LogP contribution < -0.4 is 0 Å². The molecule has 17 nitrogen and oxygen atoms in total. The van der Waals surface area contributed by atoms with Crippen LogP contribution in [0.2, 0.25) is 0 Å². The standard InChI is InChI=1S/C77H150O17P2/c1-8-9-10-11-12-13-30-37-44-51-58-74(79)87-64-73(94-77(82)61-54-47-40-33-26-29-36-43-50-57-70(6)7)67-92-96(85,86)90-63-71(78)62-89-95(83,84)91-66-72(65-88-75(80)59-52-45-38-31-25-24-28-35-42-49-56-69(4)5)93-76(81)60-53-46-39-32-23-21-19-17-15-14-16-18-20-22-27-34-41-48-55-68(2)3/h68-73,78H,8-67H2,1-7H3,(H,83,84)(H,85,86)/t71-,72-,73-/m1/s1. The molecule has 0 heterocycles. The average molecular weight is 1410 g/mol. The summed E-state index contributed by atoms with van der Waals surface area (Å²) in [7, 11) is -9.91. The van der Waals surface area contributed by atoms with Gasteiger partial charge in [-0.2, -0.15) is 0 Å². The van der Waals surface area contributed by atoms with E-state index in [2.05, 4.69) is 48.5 Å². The lowest BCUT2D eigenvalue weighted by molar-refractivity contribution is -0.161. The van der Waals surface area contributed by atoms with Gasteiger partial charge in [-0.15, -0.1) is 0 Å². The highest BCUT2D eigenvalue weighted by molar-refractivity contribution is 7.47. The summed E-state index contributed by atoms with van der Waals surface area (Å²) in [4.78, 5) is 72.8. The van der Waals surface area contributed by atoms with Crippen LogP contribution >= 0.6 is 15.6 Å². The van der Waals surface area contributed by atoms with Crippen LogP contribution in [-0.4, -0.2) is 96.7 Å². The lowest BCUT2D eigenvalue weighted by Gasteiger charge is -2.21. The highest BCUT2D eigenvalue weighted by Crippen LogP contribution is 2.45. The fourth-order valence-electron chi connectivity index (χ4n) is 11.8. The molecule has 5 atom stereocenters. The molecule has 0 aliphatic rings. The summed E-state index contributed by atoms with van der Waals surface area (Å²) in [6, 6.07) is 0. The molecule has 2 unspecified atom stereocenters. The van der Waals surface area contributed by atoms with Crippen LogP contribution in [-0.2, 0) is 65.4 Å². The highest BCUT2D eigenvalue weighted by Gasteiger charge is 2.30. The Balaban J connectivity index is 5.20. The Labute approximate surface area is 588 Å². The molecule has 0 aromatic rings. The van der Waals surface area contributed by atoms with E-state index in [1.165, 1.54) is 205 Å². The number of unbranched alkanes of at least 4 members (excludes halogenated alkanes) is 43. The molecule has 0 aromatic carbocycles. The SMILES string of the molecule is CCCCCCCCCCCCC(=O)OC[C@H](COP(=O)(O)OC[C@H](O)COP(=O)(O)OC[C@@H](COC(=O)CCCCCCCCCCCCC(C)C)OC(=O)CCCCCCCCCCCCCCCCCCCCC(C)C)OC(=O)CCCCCCCCCCCC(C)C. The van der Waals surface area contributed by atoms with Gasteiger partial charge in [0.25, 0.3) is 0 Å². The number of ether oxygens (including phenoxy) is 4. The molecular weight excluding hydrogens is 1260 g/mol. The molecule has 0 bridgehead atoms. The van der Waals surface area contributed by atoms with Gasteiger partial charge in [0.1, 0.15) is 19.3 Å². The lowest BCUT2D eigenvalue weighted by Crippen LogP contribution is -2.30. The molecule has 96 heavy (non-hydrogen) atoms. The van der Waals surface area contributed by atoms with Crippen molar-refractivity contribution in [2.24, 2.45) is 17.8 Å². The zero-order valence-corrected chi connectivity index (χ0v) is 64.6. The summed E-state index contributed by atoms with van der Waals surface area (Å²) in [5.41, 5.74) is 0. The van der Waals surface area contributed by atoms with Crippen molar-refractivity contribution >= 4 is 39.5 Å². The Kier molecular flexibility index (Phi) is 66.2. The minimum atomic E-state index is -4.96. The molecular formula is C77H150O17P2. The second-order valence-corrected chi connectivity index (χ2v) is 32.1. The van der Waals surface area contributed by atoms with Crippen molar-refractivity contribution in [3.63, 3.8) is 0 Å². The van der Waals surface area contributed by atoms with Crippen molar-refractivity contribution < 1.29 is 80.2 Å². The number of carbonyl (C=O) groups is 4. The number of phosphoric ester groups is 2. The zero-order chi connectivity index (χ0) is 70.9. The first-order chi connectivity index (χ1) is 46.2. The number of esters is 4. The van der Waals surface area contributed by atoms with Crippen LogP contribution in [0.1, 0.15) is 395 Å². The maximum absolute atomic E-state index is 13.1. The van der Waals surface area contributed by atoms with Gasteiger partial charge in [-0.3, -0.25) is 37.3 Å². The number of aliphatic hydroxyl groups excluding tert-OH is 1. The molecule has 570 valence electrons. The van der Waals surface area contributed by atoms with Crippen molar-refractivity contribution in [2.75, 3.05) is 39.6 Å². The number of hydrogen-bond acceptors (Lipinski definition) is 15. The van der Waals surface area contributed by atoms with Crippen LogP contribution in [0.3, 0.4) is 0 Å². The first-order valence-corrected chi connectivity index (χ1v) is 42.8. The van der Waals surface area contributed by atoms with E-state index in [-0.39, 0.29) is 25.7 Å². The molecule has 0 aliphatic carbocycles. The summed E-state index contributed by atoms with van der Waals surface area (Å²) in [5, 5.41) is 10.6. The predicted molar refractivity (Wildman–Crippen MR) is 391 cm³/mol. The van der Waals surface area contributed by atoms with Crippen LogP contribution in [0, 0.1) is 17.8 Å². The molecule has 19 heteroatoms. The number of phosphoric acid groups is 2. The average Bonchev–Trinajstić information content (AvgIpc) is 2.27. The topological polar surface area (TPSA) is 237 Å². The Bertz CT molecular complexity index is 1870. The monoisotopic (exact) mass is 1410 g/mol. The van der Waals surface area contributed by atoms with Gasteiger partial charge >= 0.3 is 39.5 Å². The summed E-state index contributed by atoms with van der Waals surface area (Å²) in [6.45, 7) is 11.9. The van der Waals surface area contributed by atoms with E-state index in [9.17, 15) is 43.2 Å². The summed E-state index contributed by atoms with van der Waals surface area (Å²) < 4.78 is 68.5. The molecule has 0 saturated heterocycles. The van der Waals surface area contributed by atoms with E-state index >= 15 is 0 Å². The minimum absolute atomic E-state index is 0.105. The Morgan fingerprint density at radius 2 is 0.479 bits per heavy atom. The van der Waals surface area contributed by atoms with Crippen molar-refractivity contribution in [3.8, 4) is 0 Å². The molecule has 0 aromatic heterocycles. The molecule has 0 spiro atoms. The second-order valence-electron chi connectivity index (χ2n) is 29.2. The van der Waals surface area contributed by atoms with Crippen LogP contribution in [0.25, 0.3) is 0 Å². The molecule has 0 rings (SSSR count). The molecule has 0 radical (unpaired) electrons. The molecule has 0 aliphatic heterocycles. The third-order valence-corrected chi connectivity index (χ3v) is 19.8. The van der Waals surface area contributed by atoms with Gasteiger partial charge in [0.05, 0.1) is 26.4 Å². The minimum Gasteiger partial charge on any atom is -0.462 e. The third kappa shape index (κ3) is 70.5. The maximum atomic E-state index is 13.1. The Morgan fingerprint density at radius 3 is 0.708 bits per heavy atom. The van der Waals surface area contributed by atoms with E-state index in [4.69, 9.17) is 37.0 Å². The van der Waals surface area contributed by atoms with Crippen LogP contribution in [0.5, 0.6) is 0 Å². The van der Waals surface area contributed by atoms with Crippen molar-refractivity contribution in [1.82, 2.24) is 0 Å². The summed E-state index contributed by atoms with van der Waals surface area (Å²) in [6.07, 6.45) is 54.2.